The van der Waals surface area contributed by atoms with Crippen LogP contribution in [0.15, 0.2) is 24.3 Å². The van der Waals surface area contributed by atoms with Crippen molar-refractivity contribution in [1.82, 2.24) is 10.2 Å². The van der Waals surface area contributed by atoms with Gasteiger partial charge in [0.05, 0.1) is 0 Å². The molecule has 94 valence electrons. The molecule has 0 saturated carbocycles. The van der Waals surface area contributed by atoms with Crippen molar-refractivity contribution >= 4 is 0 Å². The van der Waals surface area contributed by atoms with Gasteiger partial charge in [0, 0.05) is 26.2 Å². The number of nitrogens with zero attached hydrogens (tertiary/aromatic N) is 1. The molecule has 0 amide bonds. The fourth-order valence-electron chi connectivity index (χ4n) is 2.27. The van der Waals surface area contributed by atoms with E-state index in [-0.39, 0.29) is 5.82 Å². The third-order valence-corrected chi connectivity index (χ3v) is 3.53. The second-order valence-electron chi connectivity index (χ2n) is 4.83. The monoisotopic (exact) mass is 236 g/mol. The Morgan fingerprint density at radius 3 is 2.53 bits per heavy atom. The van der Waals surface area contributed by atoms with Gasteiger partial charge in [-0.05, 0) is 36.6 Å². The molecular weight excluding hydrogens is 215 g/mol. The van der Waals surface area contributed by atoms with Crippen molar-refractivity contribution in [2.45, 2.75) is 19.3 Å². The summed E-state index contributed by atoms with van der Waals surface area (Å²) in [6.45, 7) is 7.86. The van der Waals surface area contributed by atoms with Gasteiger partial charge in [-0.15, -0.1) is 0 Å². The van der Waals surface area contributed by atoms with Crippen LogP contribution >= 0.6 is 0 Å². The van der Waals surface area contributed by atoms with E-state index in [2.05, 4.69) is 17.1 Å². The lowest BCUT2D eigenvalue weighted by Crippen LogP contribution is -2.43. The van der Waals surface area contributed by atoms with Gasteiger partial charge >= 0.3 is 0 Å². The van der Waals surface area contributed by atoms with E-state index in [4.69, 9.17) is 0 Å². The van der Waals surface area contributed by atoms with Crippen LogP contribution in [-0.4, -0.2) is 37.6 Å². The normalized spacial score (nSPS) is 19.2. The Bertz CT molecular complexity index is 331. The Morgan fingerprint density at radius 2 is 1.88 bits per heavy atom. The van der Waals surface area contributed by atoms with Crippen LogP contribution in [0.4, 0.5) is 4.39 Å². The van der Waals surface area contributed by atoms with E-state index in [1.165, 1.54) is 5.56 Å². The molecule has 1 saturated heterocycles. The fraction of sp³-hybridized carbons (Fsp3) is 0.571. The lowest BCUT2D eigenvalue weighted by Gasteiger charge is -2.28. The highest BCUT2D eigenvalue weighted by Gasteiger charge is 2.12. The standard InChI is InChI=1S/C14H21FN2/c1-12(13-2-4-14(15)5-3-13)6-9-17-10-7-16-8-11-17/h2-5,12,16H,6-11H2,1H3. The summed E-state index contributed by atoms with van der Waals surface area (Å²) in [7, 11) is 0. The maximum Gasteiger partial charge on any atom is 0.123 e. The van der Waals surface area contributed by atoms with Crippen molar-refractivity contribution in [3.8, 4) is 0 Å². The van der Waals surface area contributed by atoms with Gasteiger partial charge in [0.2, 0.25) is 0 Å². The molecule has 1 heterocycles. The molecule has 1 fully saturated rings. The average molecular weight is 236 g/mol. The zero-order valence-electron chi connectivity index (χ0n) is 10.5. The Balaban J connectivity index is 1.80. The van der Waals surface area contributed by atoms with Gasteiger partial charge in [0.25, 0.3) is 0 Å². The van der Waals surface area contributed by atoms with E-state index in [9.17, 15) is 4.39 Å². The first kappa shape index (κ1) is 12.5. The zero-order chi connectivity index (χ0) is 12.1. The van der Waals surface area contributed by atoms with E-state index >= 15 is 0 Å². The summed E-state index contributed by atoms with van der Waals surface area (Å²) >= 11 is 0. The Kier molecular flexibility index (Phi) is 4.51. The largest absolute Gasteiger partial charge is 0.314 e. The first-order valence-corrected chi connectivity index (χ1v) is 6.44. The third kappa shape index (κ3) is 3.79. The van der Waals surface area contributed by atoms with Crippen molar-refractivity contribution in [2.75, 3.05) is 32.7 Å². The first-order valence-electron chi connectivity index (χ1n) is 6.44. The lowest BCUT2D eigenvalue weighted by atomic mass is 9.97. The van der Waals surface area contributed by atoms with Crippen LogP contribution in [0.2, 0.25) is 0 Å². The molecule has 17 heavy (non-hydrogen) atoms. The van der Waals surface area contributed by atoms with Crippen molar-refractivity contribution in [1.29, 1.82) is 0 Å². The molecule has 2 rings (SSSR count). The van der Waals surface area contributed by atoms with Crippen LogP contribution in [0.25, 0.3) is 0 Å². The quantitative estimate of drug-likeness (QED) is 0.862. The molecule has 0 spiro atoms. The highest BCUT2D eigenvalue weighted by Crippen LogP contribution is 2.19. The molecule has 0 aliphatic carbocycles. The number of hydrogen-bond donors (Lipinski definition) is 1. The van der Waals surface area contributed by atoms with E-state index < -0.39 is 0 Å². The molecule has 1 unspecified atom stereocenters. The van der Waals surface area contributed by atoms with Crippen LogP contribution in [0.5, 0.6) is 0 Å². The van der Waals surface area contributed by atoms with E-state index in [0.717, 1.165) is 39.1 Å². The van der Waals surface area contributed by atoms with Crippen molar-refractivity contribution < 1.29 is 4.39 Å². The van der Waals surface area contributed by atoms with Gasteiger partial charge in [-0.25, -0.2) is 4.39 Å². The molecule has 1 aromatic rings. The summed E-state index contributed by atoms with van der Waals surface area (Å²) < 4.78 is 12.8. The second kappa shape index (κ2) is 6.12. The topological polar surface area (TPSA) is 15.3 Å². The summed E-state index contributed by atoms with van der Waals surface area (Å²) in [5.74, 6) is 0.355. The number of nitrogens with one attached hydrogen (secondary N) is 1. The molecule has 1 aliphatic rings. The van der Waals surface area contributed by atoms with Crippen molar-refractivity contribution in [3.05, 3.63) is 35.6 Å². The highest BCUT2D eigenvalue weighted by molar-refractivity contribution is 5.19. The van der Waals surface area contributed by atoms with Crippen LogP contribution < -0.4 is 5.32 Å². The molecule has 2 nitrogen and oxygen atoms in total. The number of halogens is 1. The Morgan fingerprint density at radius 1 is 1.24 bits per heavy atom. The lowest BCUT2D eigenvalue weighted by molar-refractivity contribution is 0.234. The van der Waals surface area contributed by atoms with E-state index in [1.807, 2.05) is 12.1 Å². The molecule has 3 heteroatoms. The second-order valence-corrected chi connectivity index (χ2v) is 4.83. The number of rotatable bonds is 4. The van der Waals surface area contributed by atoms with Gasteiger partial charge in [-0.3, -0.25) is 0 Å². The summed E-state index contributed by atoms with van der Waals surface area (Å²) in [5.41, 5.74) is 1.24. The molecule has 1 aliphatic heterocycles. The van der Waals surface area contributed by atoms with Crippen LogP contribution in [-0.2, 0) is 0 Å². The minimum Gasteiger partial charge on any atom is -0.314 e. The fourth-order valence-corrected chi connectivity index (χ4v) is 2.27. The molecule has 1 N–H and O–H groups in total. The summed E-state index contributed by atoms with van der Waals surface area (Å²) in [6.07, 6.45) is 1.14. The van der Waals surface area contributed by atoms with Crippen molar-refractivity contribution in [2.24, 2.45) is 0 Å². The van der Waals surface area contributed by atoms with Gasteiger partial charge in [-0.1, -0.05) is 19.1 Å². The highest BCUT2D eigenvalue weighted by atomic mass is 19.1. The summed E-state index contributed by atoms with van der Waals surface area (Å²) in [6, 6.07) is 6.91. The van der Waals surface area contributed by atoms with Crippen molar-refractivity contribution in [3.63, 3.8) is 0 Å². The van der Waals surface area contributed by atoms with Crippen LogP contribution in [0.3, 0.4) is 0 Å². The van der Waals surface area contributed by atoms with Gasteiger partial charge in [0.15, 0.2) is 0 Å². The molecule has 0 radical (unpaired) electrons. The number of hydrogen-bond acceptors (Lipinski definition) is 2. The van der Waals surface area contributed by atoms with Gasteiger partial charge < -0.3 is 10.2 Å². The molecule has 0 bridgehead atoms. The van der Waals surface area contributed by atoms with E-state index in [0.29, 0.717) is 5.92 Å². The molecule has 0 aromatic heterocycles. The number of benzene rings is 1. The maximum atomic E-state index is 12.8. The van der Waals surface area contributed by atoms with E-state index in [1.54, 1.807) is 12.1 Å². The smallest absolute Gasteiger partial charge is 0.123 e. The molecular formula is C14H21FN2. The minimum atomic E-state index is -0.150. The van der Waals surface area contributed by atoms with Crippen LogP contribution in [0, 0.1) is 5.82 Å². The maximum absolute atomic E-state index is 12.8. The predicted molar refractivity (Wildman–Crippen MR) is 68.7 cm³/mol. The Labute approximate surface area is 103 Å². The predicted octanol–water partition coefficient (Wildman–Crippen LogP) is 2.22. The van der Waals surface area contributed by atoms with Gasteiger partial charge in [0.1, 0.15) is 5.82 Å². The molecule has 1 atom stereocenters. The third-order valence-electron chi connectivity index (χ3n) is 3.53. The van der Waals surface area contributed by atoms with Gasteiger partial charge in [-0.2, -0.15) is 0 Å². The van der Waals surface area contributed by atoms with Crippen LogP contribution in [0.1, 0.15) is 24.8 Å². The minimum absolute atomic E-state index is 0.150. The number of piperazine rings is 1. The molecule has 1 aromatic carbocycles. The summed E-state index contributed by atoms with van der Waals surface area (Å²) in [4.78, 5) is 2.50. The zero-order valence-corrected chi connectivity index (χ0v) is 10.5. The average Bonchev–Trinajstić information content (AvgIpc) is 2.38. The first-order chi connectivity index (χ1) is 8.25. The Hall–Kier alpha value is -0.930. The SMILES string of the molecule is CC(CCN1CCNCC1)c1ccc(F)cc1. The summed E-state index contributed by atoms with van der Waals surface area (Å²) in [5, 5.41) is 3.36.